The minimum absolute atomic E-state index is 0.211. The van der Waals surface area contributed by atoms with Crippen molar-refractivity contribution in [3.63, 3.8) is 0 Å². The monoisotopic (exact) mass is 176 g/mol. The van der Waals surface area contributed by atoms with Crippen LogP contribution in [-0.4, -0.2) is 19.8 Å². The molecule has 0 rings (SSSR count). The summed E-state index contributed by atoms with van der Waals surface area (Å²) < 4.78 is 39.0. The van der Waals surface area contributed by atoms with Gasteiger partial charge in [0.1, 0.15) is 0 Å². The molecule has 0 radical (unpaired) electrons. The van der Waals surface area contributed by atoms with E-state index in [4.69, 9.17) is 0 Å². The van der Waals surface area contributed by atoms with Gasteiger partial charge in [-0.1, -0.05) is 0 Å². The van der Waals surface area contributed by atoms with E-state index in [1.807, 2.05) is 6.92 Å². The number of urea groups is 1. The zero-order valence-electron chi connectivity index (χ0n) is 5.91. The summed E-state index contributed by atoms with van der Waals surface area (Å²) >= 11 is 0. The van der Waals surface area contributed by atoms with Gasteiger partial charge < -0.3 is 22.6 Å². The Balaban J connectivity index is 0. The molecule has 0 aromatic carbocycles. The number of carbonyl (C=O) groups excluding carboxylic acids is 1. The summed E-state index contributed by atoms with van der Waals surface area (Å²) in [6.45, 7) is 2.52. The lowest BCUT2D eigenvalue weighted by Crippen LogP contribution is -2.62. The largest absolute Gasteiger partial charge is 0.673 e. The number of hydrogen-bond donors (Lipinski definition) is 2. The van der Waals surface area contributed by atoms with Gasteiger partial charge in [-0.3, -0.25) is 5.73 Å². The van der Waals surface area contributed by atoms with Crippen LogP contribution < -0.4 is 11.1 Å². The fourth-order valence-electron chi connectivity index (χ4n) is 0.197. The summed E-state index contributed by atoms with van der Waals surface area (Å²) in [7, 11) is -6.00. The Kier molecular flexibility index (Phi) is 6.96. The van der Waals surface area contributed by atoms with E-state index in [-0.39, 0.29) is 6.03 Å². The molecule has 2 amide bonds. The first-order valence-corrected chi connectivity index (χ1v) is 2.74. The molecule has 0 aliphatic rings. The van der Waals surface area contributed by atoms with E-state index in [0.717, 1.165) is 0 Å². The maximum absolute atomic E-state index is 9.82. The molecule has 0 bridgehead atoms. The standard InChI is InChI=1S/C3H8N2O.BF4/c1-2-5-3(4)6;2-1(3,4)5/h2H2,1H3,(H3,4,5,6);/q;-1/p+1. The molecule has 0 heterocycles. The highest BCUT2D eigenvalue weighted by atomic mass is 19.5. The van der Waals surface area contributed by atoms with Crippen LogP contribution in [0.2, 0.25) is 0 Å². The Morgan fingerprint density at radius 1 is 1.45 bits per heavy atom. The van der Waals surface area contributed by atoms with Gasteiger partial charge in [0.2, 0.25) is 0 Å². The van der Waals surface area contributed by atoms with Crippen LogP contribution in [-0.2, 0) is 0 Å². The quantitative estimate of drug-likeness (QED) is 0.436. The van der Waals surface area contributed by atoms with Gasteiger partial charge in [0.25, 0.3) is 0 Å². The maximum Gasteiger partial charge on any atom is 0.673 e. The molecule has 0 fully saturated rings. The summed E-state index contributed by atoms with van der Waals surface area (Å²) in [5, 5.41) is 2.46. The number of halogens is 4. The molecule has 0 aliphatic heterocycles. The number of nitrogens with one attached hydrogen (secondary N) is 1. The lowest BCUT2D eigenvalue weighted by atomic mass is 10.3. The zero-order valence-corrected chi connectivity index (χ0v) is 5.91. The Hall–Kier alpha value is -0.785. The normalized spacial score (nSPS) is 9.64. The first-order valence-electron chi connectivity index (χ1n) is 2.74. The van der Waals surface area contributed by atoms with Crippen molar-refractivity contribution in [3.05, 3.63) is 0 Å². The smallest absolute Gasteiger partial charge is 0.418 e. The van der Waals surface area contributed by atoms with Crippen LogP contribution >= 0.6 is 0 Å². The van der Waals surface area contributed by atoms with Gasteiger partial charge in [-0.25, -0.2) is 4.79 Å². The lowest BCUT2D eigenvalue weighted by Gasteiger charge is -1.94. The zero-order chi connectivity index (χ0) is 9.49. The van der Waals surface area contributed by atoms with Crippen molar-refractivity contribution in [2.24, 2.45) is 0 Å². The highest BCUT2D eigenvalue weighted by molar-refractivity contribution is 6.50. The minimum atomic E-state index is -6.00. The number of carbonyl (C=O) groups is 1. The van der Waals surface area contributed by atoms with Crippen molar-refractivity contribution >= 4 is 13.3 Å². The summed E-state index contributed by atoms with van der Waals surface area (Å²) in [6.07, 6.45) is 0. The SMILES string of the molecule is CCNC([NH3+])=O.F[B-](F)(F)F. The van der Waals surface area contributed by atoms with Crippen LogP contribution in [0.1, 0.15) is 6.92 Å². The van der Waals surface area contributed by atoms with Gasteiger partial charge in [0.15, 0.2) is 0 Å². The van der Waals surface area contributed by atoms with Gasteiger partial charge in [-0.05, 0) is 6.92 Å². The molecule has 0 aromatic heterocycles. The van der Waals surface area contributed by atoms with Gasteiger partial charge in [0, 0.05) is 6.54 Å². The highest BCUT2D eigenvalue weighted by Gasteiger charge is 2.20. The second kappa shape index (κ2) is 5.96. The second-order valence-electron chi connectivity index (χ2n) is 1.45. The molecule has 8 heteroatoms. The fourth-order valence-corrected chi connectivity index (χ4v) is 0.197. The third-order valence-electron chi connectivity index (χ3n) is 0.374. The summed E-state index contributed by atoms with van der Waals surface area (Å²) in [5.74, 6) is 0. The summed E-state index contributed by atoms with van der Waals surface area (Å²) in [5.41, 5.74) is 3.08. The number of rotatable bonds is 1. The lowest BCUT2D eigenvalue weighted by molar-refractivity contribution is -0.250. The Bertz CT molecular complexity index is 110. The molecule has 0 spiro atoms. The predicted molar refractivity (Wildman–Crippen MR) is 32.1 cm³/mol. The molecule has 0 atom stereocenters. The van der Waals surface area contributed by atoms with Gasteiger partial charge in [0.05, 0.1) is 0 Å². The Labute approximate surface area is 61.0 Å². The van der Waals surface area contributed by atoms with E-state index in [9.17, 15) is 22.1 Å². The second-order valence-corrected chi connectivity index (χ2v) is 1.45. The van der Waals surface area contributed by atoms with Crippen LogP contribution in [0.4, 0.5) is 22.1 Å². The van der Waals surface area contributed by atoms with Gasteiger partial charge >= 0.3 is 13.3 Å². The first-order chi connectivity index (χ1) is 4.77. The molecule has 68 valence electrons. The van der Waals surface area contributed by atoms with Crippen LogP contribution in [0.3, 0.4) is 0 Å². The van der Waals surface area contributed by atoms with Crippen molar-refractivity contribution in [2.45, 2.75) is 6.92 Å². The number of amides is 2. The molecule has 0 unspecified atom stereocenters. The molecule has 0 aliphatic carbocycles. The average molecular weight is 176 g/mol. The number of hydrogen-bond acceptors (Lipinski definition) is 1. The van der Waals surface area contributed by atoms with Crippen molar-refractivity contribution in [1.82, 2.24) is 5.32 Å². The van der Waals surface area contributed by atoms with Crippen LogP contribution in [0, 0.1) is 0 Å². The molecule has 0 aromatic rings. The van der Waals surface area contributed by atoms with E-state index in [1.54, 1.807) is 0 Å². The third-order valence-corrected chi connectivity index (χ3v) is 0.374. The average Bonchev–Trinajstić information content (AvgIpc) is 1.58. The van der Waals surface area contributed by atoms with E-state index >= 15 is 0 Å². The summed E-state index contributed by atoms with van der Waals surface area (Å²) in [6, 6.07) is -0.211. The first kappa shape index (κ1) is 12.9. The molecular formula is C3H9BF4N2O. The highest BCUT2D eigenvalue weighted by Crippen LogP contribution is 2.06. The molecule has 11 heavy (non-hydrogen) atoms. The van der Waals surface area contributed by atoms with E-state index in [2.05, 4.69) is 11.1 Å². The Morgan fingerprint density at radius 3 is 1.73 bits per heavy atom. The van der Waals surface area contributed by atoms with Gasteiger partial charge in [-0.15, -0.1) is 0 Å². The van der Waals surface area contributed by atoms with Crippen LogP contribution in [0.5, 0.6) is 0 Å². The van der Waals surface area contributed by atoms with E-state index < -0.39 is 7.25 Å². The molecule has 0 saturated heterocycles. The summed E-state index contributed by atoms with van der Waals surface area (Å²) in [4.78, 5) is 9.82. The molecule has 3 nitrogen and oxygen atoms in total. The van der Waals surface area contributed by atoms with Crippen molar-refractivity contribution in [2.75, 3.05) is 6.54 Å². The fraction of sp³-hybridized carbons (Fsp3) is 0.667. The van der Waals surface area contributed by atoms with Crippen molar-refractivity contribution in [3.8, 4) is 0 Å². The Morgan fingerprint density at radius 2 is 1.73 bits per heavy atom. The van der Waals surface area contributed by atoms with Crippen molar-refractivity contribution < 1.29 is 27.8 Å². The van der Waals surface area contributed by atoms with Gasteiger partial charge in [-0.2, -0.15) is 0 Å². The van der Waals surface area contributed by atoms with E-state index in [0.29, 0.717) is 6.54 Å². The predicted octanol–water partition coefficient (Wildman–Crippen LogP) is 0.258. The van der Waals surface area contributed by atoms with Crippen LogP contribution in [0.15, 0.2) is 0 Å². The maximum atomic E-state index is 9.82. The third kappa shape index (κ3) is 97.8. The molecule has 0 saturated carbocycles. The molecule has 4 N–H and O–H groups in total. The van der Waals surface area contributed by atoms with Crippen molar-refractivity contribution in [1.29, 1.82) is 0 Å². The van der Waals surface area contributed by atoms with Crippen LogP contribution in [0.25, 0.3) is 0 Å². The topological polar surface area (TPSA) is 56.7 Å². The van der Waals surface area contributed by atoms with E-state index in [1.165, 1.54) is 0 Å². The minimum Gasteiger partial charge on any atom is -0.418 e. The number of quaternary nitrogens is 1. The molecular weight excluding hydrogens is 167 g/mol.